The Morgan fingerprint density at radius 3 is 3.00 bits per heavy atom. The lowest BCUT2D eigenvalue weighted by molar-refractivity contribution is 0.357. The lowest BCUT2D eigenvalue weighted by Gasteiger charge is -2.02. The zero-order valence-electron chi connectivity index (χ0n) is 9.18. The number of rotatable bonds is 3. The molecule has 4 nitrogen and oxygen atoms in total. The van der Waals surface area contributed by atoms with E-state index in [4.69, 9.17) is 10.3 Å². The third-order valence-corrected chi connectivity index (χ3v) is 2.94. The van der Waals surface area contributed by atoms with Crippen LogP contribution in [-0.4, -0.2) is 16.2 Å². The van der Waals surface area contributed by atoms with Crippen LogP contribution in [0.5, 0.6) is 0 Å². The number of aromatic nitrogens is 2. The van der Waals surface area contributed by atoms with E-state index >= 15 is 0 Å². The van der Waals surface area contributed by atoms with Crippen LogP contribution >= 0.6 is 0 Å². The highest BCUT2D eigenvalue weighted by molar-refractivity contribution is 5.15. The molecule has 0 bridgehead atoms. The van der Waals surface area contributed by atoms with Crippen molar-refractivity contribution in [1.29, 1.82) is 0 Å². The second-order valence-corrected chi connectivity index (χ2v) is 4.19. The molecule has 0 aromatic carbocycles. The molecule has 3 unspecified atom stereocenters. The molecule has 4 heteroatoms. The van der Waals surface area contributed by atoms with Gasteiger partial charge in [-0.25, -0.2) is 0 Å². The van der Waals surface area contributed by atoms with Crippen LogP contribution in [-0.2, 0) is 0 Å². The fraction of sp³-hybridized carbons (Fsp3) is 0.636. The van der Waals surface area contributed by atoms with Gasteiger partial charge in [-0.05, 0) is 12.8 Å². The Kier molecular flexibility index (Phi) is 2.86. The molecule has 1 aromatic heterocycles. The van der Waals surface area contributed by atoms with Gasteiger partial charge < -0.3 is 10.3 Å². The number of hydrogen-bond donors (Lipinski definition) is 1. The Hall–Kier alpha value is -1.16. The van der Waals surface area contributed by atoms with Gasteiger partial charge in [-0.2, -0.15) is 4.98 Å². The molecule has 0 saturated carbocycles. The molecule has 0 amide bonds. The van der Waals surface area contributed by atoms with Crippen molar-refractivity contribution in [1.82, 2.24) is 10.1 Å². The molecule has 2 N–H and O–H groups in total. The van der Waals surface area contributed by atoms with E-state index in [2.05, 4.69) is 30.1 Å². The monoisotopic (exact) mass is 207 g/mol. The van der Waals surface area contributed by atoms with Gasteiger partial charge >= 0.3 is 0 Å². The van der Waals surface area contributed by atoms with Crippen molar-refractivity contribution in [2.24, 2.45) is 5.73 Å². The first kappa shape index (κ1) is 10.4. The van der Waals surface area contributed by atoms with Crippen molar-refractivity contribution in [3.05, 3.63) is 23.9 Å². The highest BCUT2D eigenvalue weighted by Crippen LogP contribution is 2.27. The smallest absolute Gasteiger partial charge is 0.233 e. The molecule has 1 heterocycles. The van der Waals surface area contributed by atoms with Crippen LogP contribution < -0.4 is 5.73 Å². The highest BCUT2D eigenvalue weighted by atomic mass is 16.5. The van der Waals surface area contributed by atoms with E-state index in [0.29, 0.717) is 11.8 Å². The van der Waals surface area contributed by atoms with Gasteiger partial charge in [0.25, 0.3) is 0 Å². The van der Waals surface area contributed by atoms with Gasteiger partial charge in [-0.15, -0.1) is 0 Å². The summed E-state index contributed by atoms with van der Waals surface area (Å²) in [6.45, 7) is 4.22. The Morgan fingerprint density at radius 1 is 1.60 bits per heavy atom. The van der Waals surface area contributed by atoms with Gasteiger partial charge in [0.1, 0.15) is 0 Å². The lowest BCUT2D eigenvalue weighted by atomic mass is 10.1. The minimum atomic E-state index is 0.133. The van der Waals surface area contributed by atoms with E-state index in [0.717, 1.165) is 18.7 Å². The molecular formula is C11H17N3O. The molecule has 0 spiro atoms. The first-order valence-electron chi connectivity index (χ1n) is 5.48. The molecule has 82 valence electrons. The van der Waals surface area contributed by atoms with E-state index in [9.17, 15) is 0 Å². The molecular weight excluding hydrogens is 190 g/mol. The van der Waals surface area contributed by atoms with Crippen molar-refractivity contribution in [3.8, 4) is 0 Å². The second kappa shape index (κ2) is 4.14. The third kappa shape index (κ3) is 2.09. The van der Waals surface area contributed by atoms with Gasteiger partial charge in [0.05, 0.1) is 5.92 Å². The van der Waals surface area contributed by atoms with Crippen molar-refractivity contribution >= 4 is 0 Å². The van der Waals surface area contributed by atoms with Gasteiger partial charge in [0.2, 0.25) is 5.89 Å². The third-order valence-electron chi connectivity index (χ3n) is 2.94. The zero-order chi connectivity index (χ0) is 10.8. The highest BCUT2D eigenvalue weighted by Gasteiger charge is 2.23. The average Bonchev–Trinajstić information content (AvgIpc) is 2.84. The minimum absolute atomic E-state index is 0.133. The number of hydrogen-bond acceptors (Lipinski definition) is 4. The van der Waals surface area contributed by atoms with Crippen LogP contribution in [0.4, 0.5) is 0 Å². The first-order valence-corrected chi connectivity index (χ1v) is 5.48. The summed E-state index contributed by atoms with van der Waals surface area (Å²) in [4.78, 5) is 4.41. The summed E-state index contributed by atoms with van der Waals surface area (Å²) in [5.74, 6) is 2.09. The maximum atomic E-state index is 5.78. The van der Waals surface area contributed by atoms with Crippen LogP contribution in [0.15, 0.2) is 16.7 Å². The molecule has 1 aliphatic rings. The van der Waals surface area contributed by atoms with Crippen molar-refractivity contribution in [2.45, 2.75) is 44.6 Å². The Balaban J connectivity index is 2.10. The second-order valence-electron chi connectivity index (χ2n) is 4.19. The molecule has 2 rings (SSSR count). The van der Waals surface area contributed by atoms with Gasteiger partial charge in [-0.1, -0.05) is 31.2 Å². The van der Waals surface area contributed by atoms with Crippen LogP contribution in [0, 0.1) is 0 Å². The van der Waals surface area contributed by atoms with Gasteiger partial charge in [0.15, 0.2) is 5.82 Å². The van der Waals surface area contributed by atoms with Crippen LogP contribution in [0.3, 0.4) is 0 Å². The summed E-state index contributed by atoms with van der Waals surface area (Å²) in [5.41, 5.74) is 5.78. The van der Waals surface area contributed by atoms with E-state index in [1.54, 1.807) is 0 Å². The molecule has 0 radical (unpaired) electrons. The SMILES string of the molecule is CCC(C)c1noc(C2C=CC(N)C2)n1. The lowest BCUT2D eigenvalue weighted by Crippen LogP contribution is -2.14. The molecule has 3 atom stereocenters. The number of nitrogens with two attached hydrogens (primary N) is 1. The molecule has 1 aromatic rings. The van der Waals surface area contributed by atoms with Crippen LogP contribution in [0.2, 0.25) is 0 Å². The normalized spacial score (nSPS) is 27.1. The van der Waals surface area contributed by atoms with E-state index in [-0.39, 0.29) is 12.0 Å². The summed E-state index contributed by atoms with van der Waals surface area (Å²) in [6, 6.07) is 0.133. The fourth-order valence-electron chi connectivity index (χ4n) is 1.69. The maximum Gasteiger partial charge on any atom is 0.233 e. The largest absolute Gasteiger partial charge is 0.339 e. The van der Waals surface area contributed by atoms with Crippen LogP contribution in [0.25, 0.3) is 0 Å². The number of nitrogens with zero attached hydrogens (tertiary/aromatic N) is 2. The summed E-state index contributed by atoms with van der Waals surface area (Å²) in [7, 11) is 0. The molecule has 0 aliphatic heterocycles. The van der Waals surface area contributed by atoms with Gasteiger partial charge in [0, 0.05) is 12.0 Å². The first-order chi connectivity index (χ1) is 7.20. The Morgan fingerprint density at radius 2 is 2.40 bits per heavy atom. The molecule has 1 aliphatic carbocycles. The Bertz CT molecular complexity index is 358. The molecule has 15 heavy (non-hydrogen) atoms. The topological polar surface area (TPSA) is 64.9 Å². The van der Waals surface area contributed by atoms with E-state index < -0.39 is 0 Å². The fourth-order valence-corrected chi connectivity index (χ4v) is 1.69. The quantitative estimate of drug-likeness (QED) is 0.769. The average molecular weight is 207 g/mol. The van der Waals surface area contributed by atoms with Crippen molar-refractivity contribution < 1.29 is 4.52 Å². The maximum absolute atomic E-state index is 5.78. The van der Waals surface area contributed by atoms with Crippen LogP contribution in [0.1, 0.15) is 50.2 Å². The molecule has 0 fully saturated rings. The Labute approximate surface area is 89.5 Å². The summed E-state index contributed by atoms with van der Waals surface area (Å²) >= 11 is 0. The van der Waals surface area contributed by atoms with Crippen molar-refractivity contribution in [3.63, 3.8) is 0 Å². The van der Waals surface area contributed by atoms with Gasteiger partial charge in [-0.3, -0.25) is 0 Å². The zero-order valence-corrected chi connectivity index (χ0v) is 9.18. The summed E-state index contributed by atoms with van der Waals surface area (Å²) in [5, 5.41) is 4.00. The standard InChI is InChI=1S/C11H17N3O/c1-3-7(2)10-13-11(15-14-10)8-4-5-9(12)6-8/h4-5,7-9H,3,6,12H2,1-2H3. The predicted molar refractivity (Wildman–Crippen MR) is 57.5 cm³/mol. The van der Waals surface area contributed by atoms with E-state index in [1.165, 1.54) is 0 Å². The predicted octanol–water partition coefficient (Wildman–Crippen LogP) is 1.95. The van der Waals surface area contributed by atoms with Crippen molar-refractivity contribution in [2.75, 3.05) is 0 Å². The van der Waals surface area contributed by atoms with E-state index in [1.807, 2.05) is 6.08 Å². The number of allylic oxidation sites excluding steroid dienone is 1. The molecule has 0 saturated heterocycles. The summed E-state index contributed by atoms with van der Waals surface area (Å²) < 4.78 is 5.25. The minimum Gasteiger partial charge on any atom is -0.339 e. The summed E-state index contributed by atoms with van der Waals surface area (Å²) in [6.07, 6.45) is 5.96.